The lowest BCUT2D eigenvalue weighted by Crippen LogP contribution is -2.22. The monoisotopic (exact) mass is 235 g/mol. The number of carbonyl (C=O) groups excluding carboxylic acids is 1. The Kier molecular flexibility index (Phi) is 5.72. The second-order valence-corrected chi connectivity index (χ2v) is 4.56. The molecule has 0 bridgehead atoms. The standard InChI is InChI=1S/C13H17NOS/c1-3-4-10-16-13(15)14-11(2)12-8-6-5-7-9-12/h3,5-9,11H,1,4,10H2,2H3,(H,14,15)/t11-/m1/s1. The molecule has 0 aromatic heterocycles. The number of hydrogen-bond donors (Lipinski definition) is 1. The van der Waals surface area contributed by atoms with Crippen LogP contribution in [0.25, 0.3) is 0 Å². The third kappa shape index (κ3) is 4.53. The summed E-state index contributed by atoms with van der Waals surface area (Å²) in [6, 6.07) is 10.0. The molecule has 0 aliphatic rings. The highest BCUT2D eigenvalue weighted by Crippen LogP contribution is 2.13. The molecule has 0 heterocycles. The van der Waals surface area contributed by atoms with Crippen molar-refractivity contribution in [3.63, 3.8) is 0 Å². The summed E-state index contributed by atoms with van der Waals surface area (Å²) < 4.78 is 0. The summed E-state index contributed by atoms with van der Waals surface area (Å²) in [6.07, 6.45) is 2.68. The van der Waals surface area contributed by atoms with Crippen LogP contribution in [0, 0.1) is 0 Å². The number of carbonyl (C=O) groups is 1. The maximum Gasteiger partial charge on any atom is 0.279 e. The molecular weight excluding hydrogens is 218 g/mol. The topological polar surface area (TPSA) is 29.1 Å². The van der Waals surface area contributed by atoms with E-state index in [1.54, 1.807) is 0 Å². The molecule has 1 rings (SSSR count). The van der Waals surface area contributed by atoms with E-state index in [9.17, 15) is 4.79 Å². The first-order valence-electron chi connectivity index (χ1n) is 5.33. The molecule has 0 radical (unpaired) electrons. The molecule has 0 aliphatic carbocycles. The van der Waals surface area contributed by atoms with Crippen LogP contribution >= 0.6 is 11.8 Å². The van der Waals surface area contributed by atoms with Crippen molar-refractivity contribution in [2.75, 3.05) is 5.75 Å². The van der Waals surface area contributed by atoms with E-state index in [4.69, 9.17) is 0 Å². The van der Waals surface area contributed by atoms with Crippen LogP contribution in [0.2, 0.25) is 0 Å². The predicted octanol–water partition coefficient (Wildman–Crippen LogP) is 3.77. The maximum absolute atomic E-state index is 11.5. The minimum Gasteiger partial charge on any atom is -0.340 e. The molecule has 1 amide bonds. The lowest BCUT2D eigenvalue weighted by molar-refractivity contribution is 0.258. The molecule has 1 aromatic carbocycles. The fourth-order valence-corrected chi connectivity index (χ4v) is 2.01. The van der Waals surface area contributed by atoms with E-state index in [0.717, 1.165) is 17.7 Å². The summed E-state index contributed by atoms with van der Waals surface area (Å²) in [4.78, 5) is 11.5. The number of thioether (sulfide) groups is 1. The van der Waals surface area contributed by atoms with Crippen molar-refractivity contribution in [1.29, 1.82) is 0 Å². The van der Waals surface area contributed by atoms with Gasteiger partial charge in [0.15, 0.2) is 0 Å². The van der Waals surface area contributed by atoms with E-state index in [1.165, 1.54) is 11.8 Å². The fraction of sp³-hybridized carbons (Fsp3) is 0.308. The third-order valence-electron chi connectivity index (χ3n) is 2.19. The number of amides is 1. The lowest BCUT2D eigenvalue weighted by Gasteiger charge is -2.13. The SMILES string of the molecule is C=CCCSC(=O)N[C@H](C)c1ccccc1. The highest BCUT2D eigenvalue weighted by atomic mass is 32.2. The van der Waals surface area contributed by atoms with Crippen LogP contribution in [0.15, 0.2) is 43.0 Å². The van der Waals surface area contributed by atoms with Crippen LogP contribution in [0.5, 0.6) is 0 Å². The molecule has 0 aliphatic heterocycles. The Balaban J connectivity index is 2.36. The van der Waals surface area contributed by atoms with E-state index in [1.807, 2.05) is 43.3 Å². The van der Waals surface area contributed by atoms with Crippen molar-refractivity contribution in [1.82, 2.24) is 5.32 Å². The summed E-state index contributed by atoms with van der Waals surface area (Å²) in [7, 11) is 0. The molecular formula is C13H17NOS. The first-order valence-corrected chi connectivity index (χ1v) is 6.31. The van der Waals surface area contributed by atoms with E-state index in [2.05, 4.69) is 11.9 Å². The molecule has 2 nitrogen and oxygen atoms in total. The van der Waals surface area contributed by atoms with Gasteiger partial charge in [-0.2, -0.15) is 0 Å². The van der Waals surface area contributed by atoms with Crippen LogP contribution < -0.4 is 5.32 Å². The molecule has 0 fully saturated rings. The van der Waals surface area contributed by atoms with Gasteiger partial charge >= 0.3 is 0 Å². The van der Waals surface area contributed by atoms with Crippen molar-refractivity contribution in [2.45, 2.75) is 19.4 Å². The second kappa shape index (κ2) is 7.12. The van der Waals surface area contributed by atoms with Gasteiger partial charge in [0.2, 0.25) is 0 Å². The summed E-state index contributed by atoms with van der Waals surface area (Å²) in [5.41, 5.74) is 1.13. The van der Waals surface area contributed by atoms with Crippen molar-refractivity contribution in [3.05, 3.63) is 48.6 Å². The number of hydrogen-bond acceptors (Lipinski definition) is 2. The van der Waals surface area contributed by atoms with Gasteiger partial charge in [-0.3, -0.25) is 4.79 Å². The normalized spacial score (nSPS) is 11.8. The Morgan fingerprint density at radius 1 is 1.50 bits per heavy atom. The Morgan fingerprint density at radius 3 is 2.81 bits per heavy atom. The van der Waals surface area contributed by atoms with Crippen LogP contribution in [0.3, 0.4) is 0 Å². The quantitative estimate of drug-likeness (QED) is 0.622. The van der Waals surface area contributed by atoms with Crippen LogP contribution in [0.4, 0.5) is 4.79 Å². The molecule has 1 N–H and O–H groups in total. The maximum atomic E-state index is 11.5. The zero-order valence-electron chi connectivity index (χ0n) is 9.48. The summed E-state index contributed by atoms with van der Waals surface area (Å²) in [5.74, 6) is 0.789. The Hall–Kier alpha value is -1.22. The zero-order valence-corrected chi connectivity index (χ0v) is 10.3. The molecule has 0 spiro atoms. The molecule has 0 saturated carbocycles. The van der Waals surface area contributed by atoms with Gasteiger partial charge in [-0.25, -0.2) is 0 Å². The molecule has 16 heavy (non-hydrogen) atoms. The minimum atomic E-state index is 0.0261. The van der Waals surface area contributed by atoms with Gasteiger partial charge in [0.25, 0.3) is 5.24 Å². The van der Waals surface area contributed by atoms with E-state index in [-0.39, 0.29) is 11.3 Å². The van der Waals surface area contributed by atoms with E-state index >= 15 is 0 Å². The lowest BCUT2D eigenvalue weighted by atomic mass is 10.1. The van der Waals surface area contributed by atoms with E-state index < -0.39 is 0 Å². The molecule has 1 atom stereocenters. The molecule has 0 unspecified atom stereocenters. The number of rotatable bonds is 5. The Labute approximate surface area is 101 Å². The third-order valence-corrected chi connectivity index (χ3v) is 3.01. The summed E-state index contributed by atoms with van der Waals surface area (Å²) >= 11 is 1.30. The Morgan fingerprint density at radius 2 is 2.19 bits per heavy atom. The van der Waals surface area contributed by atoms with Gasteiger partial charge in [0.05, 0.1) is 6.04 Å². The van der Waals surface area contributed by atoms with Gasteiger partial charge in [-0.05, 0) is 18.9 Å². The van der Waals surface area contributed by atoms with Gasteiger partial charge in [0.1, 0.15) is 0 Å². The average Bonchev–Trinajstić information content (AvgIpc) is 2.30. The number of nitrogens with one attached hydrogen (secondary N) is 1. The highest BCUT2D eigenvalue weighted by molar-refractivity contribution is 8.13. The second-order valence-electron chi connectivity index (χ2n) is 3.49. The van der Waals surface area contributed by atoms with Gasteiger partial charge < -0.3 is 5.32 Å². The van der Waals surface area contributed by atoms with Crippen molar-refractivity contribution in [2.24, 2.45) is 0 Å². The molecule has 3 heteroatoms. The molecule has 86 valence electrons. The van der Waals surface area contributed by atoms with Gasteiger partial charge in [-0.15, -0.1) is 6.58 Å². The smallest absolute Gasteiger partial charge is 0.279 e. The minimum absolute atomic E-state index is 0.0261. The predicted molar refractivity (Wildman–Crippen MR) is 70.7 cm³/mol. The largest absolute Gasteiger partial charge is 0.340 e. The average molecular weight is 235 g/mol. The van der Waals surface area contributed by atoms with E-state index in [0.29, 0.717) is 0 Å². The summed E-state index contributed by atoms with van der Waals surface area (Å²) in [5, 5.41) is 2.97. The molecule has 1 aromatic rings. The fourth-order valence-electron chi connectivity index (χ4n) is 1.28. The number of benzene rings is 1. The first kappa shape index (κ1) is 12.8. The van der Waals surface area contributed by atoms with Crippen molar-refractivity contribution < 1.29 is 4.79 Å². The highest BCUT2D eigenvalue weighted by Gasteiger charge is 2.08. The van der Waals surface area contributed by atoms with Crippen LogP contribution in [-0.4, -0.2) is 11.0 Å². The van der Waals surface area contributed by atoms with Crippen LogP contribution in [0.1, 0.15) is 24.9 Å². The van der Waals surface area contributed by atoms with Crippen molar-refractivity contribution >= 4 is 17.0 Å². The zero-order chi connectivity index (χ0) is 11.8. The first-order chi connectivity index (χ1) is 7.74. The van der Waals surface area contributed by atoms with Gasteiger partial charge in [-0.1, -0.05) is 48.2 Å². The number of allylic oxidation sites excluding steroid dienone is 1. The van der Waals surface area contributed by atoms with Crippen molar-refractivity contribution in [3.8, 4) is 0 Å². The van der Waals surface area contributed by atoms with Crippen LogP contribution in [-0.2, 0) is 0 Å². The molecule has 0 saturated heterocycles. The summed E-state index contributed by atoms with van der Waals surface area (Å²) in [6.45, 7) is 5.61. The Bertz CT molecular complexity index is 337. The van der Waals surface area contributed by atoms with Gasteiger partial charge in [0, 0.05) is 5.75 Å².